The summed E-state index contributed by atoms with van der Waals surface area (Å²) in [4.78, 5) is 14.4. The summed E-state index contributed by atoms with van der Waals surface area (Å²) in [5, 5.41) is 0. The standard InChI is InChI=1S/C12H10BrNO2/c1-16-12(15)11-10(9(13)7-14-11)8-5-3-2-4-6-8/h2-7,14H,1H3. The number of methoxy groups -OCH3 is 1. The van der Waals surface area contributed by atoms with Gasteiger partial charge in [-0.15, -0.1) is 0 Å². The molecule has 3 nitrogen and oxygen atoms in total. The number of hydrogen-bond donors (Lipinski definition) is 1. The van der Waals surface area contributed by atoms with Crippen molar-refractivity contribution in [2.45, 2.75) is 0 Å². The molecule has 1 aromatic carbocycles. The van der Waals surface area contributed by atoms with E-state index in [0.717, 1.165) is 15.6 Å². The molecular weight excluding hydrogens is 270 g/mol. The monoisotopic (exact) mass is 279 g/mol. The lowest BCUT2D eigenvalue weighted by molar-refractivity contribution is 0.0595. The van der Waals surface area contributed by atoms with Crippen LogP contribution in [0.2, 0.25) is 0 Å². The van der Waals surface area contributed by atoms with Gasteiger partial charge in [0.25, 0.3) is 0 Å². The largest absolute Gasteiger partial charge is 0.464 e. The number of esters is 1. The van der Waals surface area contributed by atoms with E-state index in [9.17, 15) is 4.79 Å². The Hall–Kier alpha value is -1.55. The summed E-state index contributed by atoms with van der Waals surface area (Å²) in [6.07, 6.45) is 1.73. The minimum Gasteiger partial charge on any atom is -0.464 e. The Kier molecular flexibility index (Phi) is 3.10. The van der Waals surface area contributed by atoms with Crippen molar-refractivity contribution in [3.63, 3.8) is 0 Å². The maximum atomic E-state index is 11.5. The summed E-state index contributed by atoms with van der Waals surface area (Å²) >= 11 is 3.41. The van der Waals surface area contributed by atoms with Crippen LogP contribution in [0.25, 0.3) is 11.1 Å². The van der Waals surface area contributed by atoms with Crippen LogP contribution in [0.3, 0.4) is 0 Å². The van der Waals surface area contributed by atoms with E-state index in [2.05, 4.69) is 20.9 Å². The number of nitrogens with one attached hydrogen (secondary N) is 1. The Morgan fingerprint density at radius 2 is 2.00 bits per heavy atom. The summed E-state index contributed by atoms with van der Waals surface area (Å²) in [6.45, 7) is 0. The third-order valence-electron chi connectivity index (χ3n) is 2.28. The zero-order chi connectivity index (χ0) is 11.5. The van der Waals surface area contributed by atoms with E-state index in [1.807, 2.05) is 30.3 Å². The van der Waals surface area contributed by atoms with E-state index in [-0.39, 0.29) is 5.97 Å². The van der Waals surface area contributed by atoms with Crippen LogP contribution in [0.1, 0.15) is 10.5 Å². The molecule has 0 amide bonds. The van der Waals surface area contributed by atoms with Crippen LogP contribution in [-0.2, 0) is 4.74 Å². The summed E-state index contributed by atoms with van der Waals surface area (Å²) in [5.74, 6) is -0.371. The first-order valence-corrected chi connectivity index (χ1v) is 5.54. The van der Waals surface area contributed by atoms with Crippen LogP contribution < -0.4 is 0 Å². The fourth-order valence-corrected chi connectivity index (χ4v) is 2.09. The number of H-pyrrole nitrogens is 1. The van der Waals surface area contributed by atoms with Crippen molar-refractivity contribution in [3.8, 4) is 11.1 Å². The minimum absolute atomic E-state index is 0.371. The van der Waals surface area contributed by atoms with Crippen LogP contribution in [0.15, 0.2) is 41.0 Å². The average Bonchev–Trinajstić information content (AvgIpc) is 2.71. The second-order valence-electron chi connectivity index (χ2n) is 3.24. The van der Waals surface area contributed by atoms with E-state index < -0.39 is 0 Å². The van der Waals surface area contributed by atoms with Crippen molar-refractivity contribution in [3.05, 3.63) is 46.7 Å². The molecule has 0 aliphatic rings. The third kappa shape index (κ3) is 1.88. The molecule has 0 spiro atoms. The van der Waals surface area contributed by atoms with Gasteiger partial charge in [-0.05, 0) is 21.5 Å². The van der Waals surface area contributed by atoms with Crippen molar-refractivity contribution in [1.29, 1.82) is 0 Å². The molecule has 0 atom stereocenters. The average molecular weight is 280 g/mol. The highest BCUT2D eigenvalue weighted by atomic mass is 79.9. The van der Waals surface area contributed by atoms with Crippen molar-refractivity contribution >= 4 is 21.9 Å². The molecule has 0 aliphatic carbocycles. The number of rotatable bonds is 2. The summed E-state index contributed by atoms with van der Waals surface area (Å²) < 4.78 is 5.57. The van der Waals surface area contributed by atoms with Crippen molar-refractivity contribution in [1.82, 2.24) is 4.98 Å². The van der Waals surface area contributed by atoms with Gasteiger partial charge in [0.05, 0.1) is 7.11 Å². The number of ether oxygens (including phenoxy) is 1. The topological polar surface area (TPSA) is 42.1 Å². The van der Waals surface area contributed by atoms with E-state index >= 15 is 0 Å². The van der Waals surface area contributed by atoms with Crippen LogP contribution >= 0.6 is 15.9 Å². The van der Waals surface area contributed by atoms with Crippen LogP contribution in [-0.4, -0.2) is 18.1 Å². The zero-order valence-corrected chi connectivity index (χ0v) is 10.2. The maximum absolute atomic E-state index is 11.5. The molecule has 0 saturated heterocycles. The molecule has 0 aliphatic heterocycles. The number of benzene rings is 1. The molecule has 1 N–H and O–H groups in total. The normalized spacial score (nSPS) is 10.1. The first-order valence-electron chi connectivity index (χ1n) is 4.74. The summed E-state index contributed by atoms with van der Waals surface area (Å²) in [6, 6.07) is 9.67. The zero-order valence-electron chi connectivity index (χ0n) is 8.66. The van der Waals surface area contributed by atoms with Gasteiger partial charge in [0.15, 0.2) is 0 Å². The fraction of sp³-hybridized carbons (Fsp3) is 0.0833. The van der Waals surface area contributed by atoms with E-state index in [1.165, 1.54) is 7.11 Å². The molecular formula is C12H10BrNO2. The molecule has 2 rings (SSSR count). The molecule has 1 aromatic heterocycles. The Morgan fingerprint density at radius 1 is 1.31 bits per heavy atom. The van der Waals surface area contributed by atoms with Crippen LogP contribution in [0.4, 0.5) is 0 Å². The predicted octanol–water partition coefficient (Wildman–Crippen LogP) is 3.23. The van der Waals surface area contributed by atoms with Gasteiger partial charge in [0.2, 0.25) is 0 Å². The lowest BCUT2D eigenvalue weighted by atomic mass is 10.1. The first-order chi connectivity index (χ1) is 7.74. The van der Waals surface area contributed by atoms with Crippen molar-refractivity contribution in [2.75, 3.05) is 7.11 Å². The molecule has 0 radical (unpaired) electrons. The molecule has 0 saturated carbocycles. The Balaban J connectivity index is 2.56. The van der Waals surface area contributed by atoms with Crippen LogP contribution in [0, 0.1) is 0 Å². The highest BCUT2D eigenvalue weighted by Gasteiger charge is 2.17. The summed E-state index contributed by atoms with van der Waals surface area (Å²) in [5.41, 5.74) is 2.25. The highest BCUT2D eigenvalue weighted by molar-refractivity contribution is 9.10. The SMILES string of the molecule is COC(=O)c1[nH]cc(Br)c1-c1ccccc1. The number of aromatic nitrogens is 1. The van der Waals surface area contributed by atoms with Crippen molar-refractivity contribution < 1.29 is 9.53 Å². The molecule has 82 valence electrons. The van der Waals surface area contributed by atoms with Gasteiger partial charge in [-0.1, -0.05) is 30.3 Å². The maximum Gasteiger partial charge on any atom is 0.355 e. The lowest BCUT2D eigenvalue weighted by Crippen LogP contribution is -2.03. The highest BCUT2D eigenvalue weighted by Crippen LogP contribution is 2.31. The van der Waals surface area contributed by atoms with Gasteiger partial charge in [0, 0.05) is 16.2 Å². The molecule has 0 unspecified atom stereocenters. The quantitative estimate of drug-likeness (QED) is 0.858. The molecule has 1 heterocycles. The second-order valence-corrected chi connectivity index (χ2v) is 4.10. The van der Waals surface area contributed by atoms with Crippen molar-refractivity contribution in [2.24, 2.45) is 0 Å². The molecule has 4 heteroatoms. The predicted molar refractivity (Wildman–Crippen MR) is 65.3 cm³/mol. The summed E-state index contributed by atoms with van der Waals surface area (Å²) in [7, 11) is 1.37. The van der Waals surface area contributed by atoms with Crippen LogP contribution in [0.5, 0.6) is 0 Å². The van der Waals surface area contributed by atoms with Gasteiger partial charge >= 0.3 is 5.97 Å². The van der Waals surface area contributed by atoms with E-state index in [1.54, 1.807) is 6.20 Å². The molecule has 0 bridgehead atoms. The van der Waals surface area contributed by atoms with Gasteiger partial charge in [-0.25, -0.2) is 4.79 Å². The first kappa shape index (κ1) is 11.0. The van der Waals surface area contributed by atoms with Gasteiger partial charge < -0.3 is 9.72 Å². The van der Waals surface area contributed by atoms with Gasteiger partial charge in [0.1, 0.15) is 5.69 Å². The lowest BCUT2D eigenvalue weighted by Gasteiger charge is -2.03. The fourth-order valence-electron chi connectivity index (χ4n) is 1.55. The molecule has 0 fully saturated rings. The minimum atomic E-state index is -0.371. The number of aromatic amines is 1. The Labute approximate surface area is 102 Å². The second kappa shape index (κ2) is 4.53. The number of hydrogen-bond acceptors (Lipinski definition) is 2. The van der Waals surface area contributed by atoms with E-state index in [4.69, 9.17) is 4.74 Å². The molecule has 16 heavy (non-hydrogen) atoms. The number of halogens is 1. The molecule has 2 aromatic rings. The third-order valence-corrected chi connectivity index (χ3v) is 2.91. The Morgan fingerprint density at radius 3 is 2.62 bits per heavy atom. The van der Waals surface area contributed by atoms with E-state index in [0.29, 0.717) is 5.69 Å². The smallest absolute Gasteiger partial charge is 0.355 e. The number of carbonyl (C=O) groups excluding carboxylic acids is 1. The Bertz CT molecular complexity index is 505. The number of carbonyl (C=O) groups is 1. The van der Waals surface area contributed by atoms with Gasteiger partial charge in [-0.3, -0.25) is 0 Å². The van der Waals surface area contributed by atoms with Gasteiger partial charge in [-0.2, -0.15) is 0 Å².